The summed E-state index contributed by atoms with van der Waals surface area (Å²) in [6, 6.07) is 11.5. The first-order valence-electron chi connectivity index (χ1n) is 7.11. The van der Waals surface area contributed by atoms with E-state index < -0.39 is 12.5 Å². The van der Waals surface area contributed by atoms with Crippen molar-refractivity contribution >= 4 is 0 Å². The molecule has 0 amide bonds. The third-order valence-electron chi connectivity index (χ3n) is 3.88. The Morgan fingerprint density at radius 2 is 1.73 bits per heavy atom. The first-order valence-corrected chi connectivity index (χ1v) is 7.11. The van der Waals surface area contributed by atoms with E-state index in [1.165, 1.54) is 12.1 Å². The van der Waals surface area contributed by atoms with Gasteiger partial charge in [0.15, 0.2) is 0 Å². The summed E-state index contributed by atoms with van der Waals surface area (Å²) < 4.78 is 41.9. The standard InChI is InChI=1S/C17H15F3O2/c18-17(19,20)22-16-10-2-1-5-14(16)12-6-3-8-13-11(12)7-4-9-15(13)21/h1-3,5-6,8,10,15,21H,4,7,9H2. The first kappa shape index (κ1) is 14.9. The number of aliphatic hydroxyl groups is 1. The van der Waals surface area contributed by atoms with Crippen LogP contribution in [0.3, 0.4) is 0 Å². The lowest BCUT2D eigenvalue weighted by atomic mass is 9.84. The van der Waals surface area contributed by atoms with E-state index in [-0.39, 0.29) is 5.75 Å². The second-order valence-corrected chi connectivity index (χ2v) is 5.33. The Balaban J connectivity index is 2.11. The van der Waals surface area contributed by atoms with Crippen LogP contribution in [0.2, 0.25) is 0 Å². The van der Waals surface area contributed by atoms with Crippen molar-refractivity contribution in [1.82, 2.24) is 0 Å². The summed E-state index contributed by atoms with van der Waals surface area (Å²) in [6.07, 6.45) is -3.06. The van der Waals surface area contributed by atoms with Crippen LogP contribution in [0.15, 0.2) is 42.5 Å². The smallest absolute Gasteiger partial charge is 0.405 e. The summed E-state index contributed by atoms with van der Waals surface area (Å²) in [5.41, 5.74) is 2.78. The van der Waals surface area contributed by atoms with Crippen molar-refractivity contribution in [1.29, 1.82) is 0 Å². The molecule has 0 heterocycles. The summed E-state index contributed by atoms with van der Waals surface area (Å²) in [5, 5.41) is 10.1. The van der Waals surface area contributed by atoms with E-state index in [0.29, 0.717) is 17.5 Å². The van der Waals surface area contributed by atoms with E-state index in [2.05, 4.69) is 4.74 Å². The molecule has 3 rings (SSSR count). The van der Waals surface area contributed by atoms with E-state index in [9.17, 15) is 18.3 Å². The Kier molecular flexibility index (Phi) is 3.83. The van der Waals surface area contributed by atoms with Crippen LogP contribution >= 0.6 is 0 Å². The fourth-order valence-electron chi connectivity index (χ4n) is 2.98. The van der Waals surface area contributed by atoms with Crippen molar-refractivity contribution in [2.24, 2.45) is 0 Å². The van der Waals surface area contributed by atoms with Crippen LogP contribution in [0.1, 0.15) is 30.1 Å². The van der Waals surface area contributed by atoms with E-state index in [1.54, 1.807) is 24.3 Å². The Hall–Kier alpha value is -2.01. The molecular weight excluding hydrogens is 293 g/mol. The minimum Gasteiger partial charge on any atom is -0.405 e. The molecule has 0 saturated carbocycles. The second-order valence-electron chi connectivity index (χ2n) is 5.33. The summed E-state index contributed by atoms with van der Waals surface area (Å²) in [5.74, 6) is -0.219. The van der Waals surface area contributed by atoms with Crippen LogP contribution in [0.25, 0.3) is 11.1 Å². The van der Waals surface area contributed by atoms with Gasteiger partial charge in [-0.15, -0.1) is 13.2 Å². The highest BCUT2D eigenvalue weighted by molar-refractivity contribution is 5.74. The molecule has 0 fully saturated rings. The van der Waals surface area contributed by atoms with Crippen LogP contribution in [-0.2, 0) is 6.42 Å². The maximum Gasteiger partial charge on any atom is 0.573 e. The van der Waals surface area contributed by atoms with Crippen molar-refractivity contribution in [2.75, 3.05) is 0 Å². The zero-order chi connectivity index (χ0) is 15.7. The summed E-state index contributed by atoms with van der Waals surface area (Å²) >= 11 is 0. The van der Waals surface area contributed by atoms with Crippen LogP contribution in [0.4, 0.5) is 13.2 Å². The molecule has 0 spiro atoms. The lowest BCUT2D eigenvalue weighted by Gasteiger charge is -2.24. The molecule has 1 aliphatic carbocycles. The number of hydrogen-bond acceptors (Lipinski definition) is 2. The molecule has 1 atom stereocenters. The van der Waals surface area contributed by atoms with Crippen LogP contribution in [0.5, 0.6) is 5.75 Å². The van der Waals surface area contributed by atoms with Gasteiger partial charge in [-0.25, -0.2) is 0 Å². The fraction of sp³-hybridized carbons (Fsp3) is 0.294. The lowest BCUT2D eigenvalue weighted by Crippen LogP contribution is -2.18. The number of fused-ring (bicyclic) bond motifs is 1. The molecule has 1 N–H and O–H groups in total. The van der Waals surface area contributed by atoms with E-state index in [0.717, 1.165) is 24.0 Å². The van der Waals surface area contributed by atoms with Crippen molar-refractivity contribution in [2.45, 2.75) is 31.7 Å². The number of para-hydroxylation sites is 1. The van der Waals surface area contributed by atoms with Gasteiger partial charge in [-0.3, -0.25) is 0 Å². The van der Waals surface area contributed by atoms with Crippen molar-refractivity contribution in [3.05, 3.63) is 53.6 Å². The van der Waals surface area contributed by atoms with E-state index >= 15 is 0 Å². The number of aliphatic hydroxyl groups excluding tert-OH is 1. The van der Waals surface area contributed by atoms with Gasteiger partial charge in [-0.1, -0.05) is 36.4 Å². The topological polar surface area (TPSA) is 29.5 Å². The minimum atomic E-state index is -4.73. The summed E-state index contributed by atoms with van der Waals surface area (Å²) in [6.45, 7) is 0. The van der Waals surface area contributed by atoms with Gasteiger partial charge in [0.1, 0.15) is 5.75 Å². The Labute approximate surface area is 126 Å². The van der Waals surface area contributed by atoms with Crippen LogP contribution < -0.4 is 4.74 Å². The predicted octanol–water partition coefficient (Wildman–Crippen LogP) is 4.62. The third-order valence-corrected chi connectivity index (χ3v) is 3.88. The number of rotatable bonds is 2. The highest BCUT2D eigenvalue weighted by Crippen LogP contribution is 2.40. The number of benzene rings is 2. The number of halogens is 3. The molecule has 116 valence electrons. The van der Waals surface area contributed by atoms with Gasteiger partial charge in [-0.05, 0) is 42.0 Å². The average molecular weight is 308 g/mol. The van der Waals surface area contributed by atoms with Crippen LogP contribution in [-0.4, -0.2) is 11.5 Å². The zero-order valence-corrected chi connectivity index (χ0v) is 11.7. The van der Waals surface area contributed by atoms with Crippen molar-refractivity contribution in [3.8, 4) is 16.9 Å². The molecule has 22 heavy (non-hydrogen) atoms. The second kappa shape index (κ2) is 5.65. The molecule has 5 heteroatoms. The van der Waals surface area contributed by atoms with Crippen molar-refractivity contribution in [3.63, 3.8) is 0 Å². The van der Waals surface area contributed by atoms with Gasteiger partial charge < -0.3 is 9.84 Å². The molecule has 2 aromatic rings. The third kappa shape index (κ3) is 2.95. The van der Waals surface area contributed by atoms with E-state index in [1.807, 2.05) is 6.07 Å². The zero-order valence-electron chi connectivity index (χ0n) is 11.7. The SMILES string of the molecule is OC1CCCc2c(-c3ccccc3OC(F)(F)F)cccc21. The highest BCUT2D eigenvalue weighted by Gasteiger charge is 2.32. The molecule has 1 aliphatic rings. The van der Waals surface area contributed by atoms with E-state index in [4.69, 9.17) is 0 Å². The Morgan fingerprint density at radius 3 is 2.50 bits per heavy atom. The fourth-order valence-corrected chi connectivity index (χ4v) is 2.98. The Bertz CT molecular complexity index is 680. The monoisotopic (exact) mass is 308 g/mol. The molecule has 2 aromatic carbocycles. The lowest BCUT2D eigenvalue weighted by molar-refractivity contribution is -0.274. The molecule has 0 aliphatic heterocycles. The molecule has 0 saturated heterocycles. The average Bonchev–Trinajstić information content (AvgIpc) is 2.46. The molecule has 0 radical (unpaired) electrons. The van der Waals surface area contributed by atoms with Gasteiger partial charge in [0.2, 0.25) is 0 Å². The molecular formula is C17H15F3O2. The van der Waals surface area contributed by atoms with Gasteiger partial charge in [0, 0.05) is 5.56 Å². The normalized spacial score (nSPS) is 17.9. The summed E-state index contributed by atoms with van der Waals surface area (Å²) in [7, 11) is 0. The molecule has 0 bridgehead atoms. The Morgan fingerprint density at radius 1 is 1.00 bits per heavy atom. The van der Waals surface area contributed by atoms with Gasteiger partial charge in [0.05, 0.1) is 6.10 Å². The maximum atomic E-state index is 12.6. The quantitative estimate of drug-likeness (QED) is 0.877. The highest BCUT2D eigenvalue weighted by atomic mass is 19.4. The van der Waals surface area contributed by atoms with Crippen molar-refractivity contribution < 1.29 is 23.0 Å². The summed E-state index contributed by atoms with van der Waals surface area (Å²) in [4.78, 5) is 0. The molecule has 0 aromatic heterocycles. The predicted molar refractivity (Wildman–Crippen MR) is 76.5 cm³/mol. The maximum absolute atomic E-state index is 12.6. The number of alkyl halides is 3. The van der Waals surface area contributed by atoms with Gasteiger partial charge in [0.25, 0.3) is 0 Å². The molecule has 2 nitrogen and oxygen atoms in total. The largest absolute Gasteiger partial charge is 0.573 e. The van der Waals surface area contributed by atoms with Crippen LogP contribution in [0, 0.1) is 0 Å². The minimum absolute atomic E-state index is 0.219. The molecule has 1 unspecified atom stereocenters. The van der Waals surface area contributed by atoms with Gasteiger partial charge >= 0.3 is 6.36 Å². The number of ether oxygens (including phenoxy) is 1. The first-order chi connectivity index (χ1) is 10.5. The number of hydrogen-bond donors (Lipinski definition) is 1. The van der Waals surface area contributed by atoms with Gasteiger partial charge in [-0.2, -0.15) is 0 Å².